The van der Waals surface area contributed by atoms with Crippen molar-refractivity contribution in [3.8, 4) is 11.5 Å². The zero-order valence-corrected chi connectivity index (χ0v) is 17.1. The van der Waals surface area contributed by atoms with Crippen LogP contribution in [0.2, 0.25) is 0 Å². The van der Waals surface area contributed by atoms with Crippen molar-refractivity contribution in [2.45, 2.75) is 6.92 Å². The Morgan fingerprint density at radius 1 is 1.14 bits per heavy atom. The summed E-state index contributed by atoms with van der Waals surface area (Å²) in [6.07, 6.45) is 1.84. The van der Waals surface area contributed by atoms with E-state index in [9.17, 15) is 4.79 Å². The fourth-order valence-electron chi connectivity index (χ4n) is 2.99. The van der Waals surface area contributed by atoms with E-state index in [2.05, 4.69) is 22.5 Å². The van der Waals surface area contributed by atoms with Crippen LogP contribution in [-0.4, -0.2) is 63.6 Å². The summed E-state index contributed by atoms with van der Waals surface area (Å²) in [6, 6.07) is 14.9. The summed E-state index contributed by atoms with van der Waals surface area (Å²) in [5, 5.41) is 9.46. The Hall–Kier alpha value is -3.06. The smallest absolute Gasteiger partial charge is 0.262 e. The van der Waals surface area contributed by atoms with Crippen LogP contribution in [0.15, 0.2) is 53.6 Å². The zero-order chi connectivity index (χ0) is 20.5. The SMILES string of the molecule is CCOc1cc(/C=N\N2CC[NH+](C)CC2)ccc1OCC(=O)Nc1ccccc1. The quantitative estimate of drug-likeness (QED) is 0.659. The highest BCUT2D eigenvalue weighted by molar-refractivity contribution is 5.91. The second-order valence-electron chi connectivity index (χ2n) is 7.00. The van der Waals surface area contributed by atoms with Crippen molar-refractivity contribution in [2.24, 2.45) is 5.10 Å². The molecule has 29 heavy (non-hydrogen) atoms. The molecule has 2 aromatic carbocycles. The lowest BCUT2D eigenvalue weighted by atomic mass is 10.2. The van der Waals surface area contributed by atoms with Gasteiger partial charge in [-0.25, -0.2) is 0 Å². The Balaban J connectivity index is 1.59. The number of hydrazone groups is 1. The molecule has 154 valence electrons. The van der Waals surface area contributed by atoms with E-state index in [4.69, 9.17) is 9.47 Å². The topological polar surface area (TPSA) is 67.6 Å². The first-order valence-electron chi connectivity index (χ1n) is 9.99. The Kier molecular flexibility index (Phi) is 7.47. The highest BCUT2D eigenvalue weighted by atomic mass is 16.5. The third-order valence-electron chi connectivity index (χ3n) is 4.65. The molecule has 3 rings (SSSR count). The summed E-state index contributed by atoms with van der Waals surface area (Å²) >= 11 is 0. The van der Waals surface area contributed by atoms with Crippen molar-refractivity contribution >= 4 is 17.8 Å². The number of rotatable bonds is 8. The molecule has 7 heteroatoms. The number of carbonyl (C=O) groups excluding carboxylic acids is 1. The summed E-state index contributed by atoms with van der Waals surface area (Å²) in [7, 11) is 2.20. The third kappa shape index (κ3) is 6.50. The second-order valence-corrected chi connectivity index (χ2v) is 7.00. The number of piperazine rings is 1. The number of para-hydroxylation sites is 1. The summed E-state index contributed by atoms with van der Waals surface area (Å²) in [6.45, 7) is 6.44. The second kappa shape index (κ2) is 10.5. The van der Waals surface area contributed by atoms with Crippen LogP contribution in [0.25, 0.3) is 0 Å². The first kappa shape index (κ1) is 20.7. The van der Waals surface area contributed by atoms with E-state index in [0.29, 0.717) is 18.1 Å². The number of benzene rings is 2. The molecule has 0 atom stereocenters. The van der Waals surface area contributed by atoms with Gasteiger partial charge in [0.05, 0.1) is 46.0 Å². The first-order valence-corrected chi connectivity index (χ1v) is 9.99. The highest BCUT2D eigenvalue weighted by Crippen LogP contribution is 2.28. The summed E-state index contributed by atoms with van der Waals surface area (Å²) in [4.78, 5) is 13.7. The van der Waals surface area contributed by atoms with Gasteiger partial charge in [0.25, 0.3) is 5.91 Å². The Morgan fingerprint density at radius 3 is 2.62 bits per heavy atom. The maximum atomic E-state index is 12.1. The molecular formula is C22H29N4O3+. The number of carbonyl (C=O) groups is 1. The molecule has 0 bridgehead atoms. The van der Waals surface area contributed by atoms with Crippen LogP contribution in [0.1, 0.15) is 12.5 Å². The van der Waals surface area contributed by atoms with Gasteiger partial charge in [-0.2, -0.15) is 5.10 Å². The molecule has 1 aliphatic heterocycles. The minimum absolute atomic E-state index is 0.0912. The standard InChI is InChI=1S/C22H28N4O3/c1-3-28-21-15-18(16-23-26-13-11-25(2)12-14-26)9-10-20(21)29-17-22(27)24-19-7-5-4-6-8-19/h4-10,15-16H,3,11-14,17H2,1-2H3,(H,24,27)/p+1/b23-16-. The molecular weight excluding hydrogens is 368 g/mol. The molecule has 0 spiro atoms. The van der Waals surface area contributed by atoms with Gasteiger partial charge in [0.1, 0.15) is 0 Å². The van der Waals surface area contributed by atoms with Gasteiger partial charge in [-0.3, -0.25) is 9.80 Å². The molecule has 1 saturated heterocycles. The van der Waals surface area contributed by atoms with E-state index >= 15 is 0 Å². The molecule has 1 aliphatic rings. The molecule has 0 radical (unpaired) electrons. The van der Waals surface area contributed by atoms with Gasteiger partial charge in [0.15, 0.2) is 18.1 Å². The van der Waals surface area contributed by atoms with E-state index in [1.165, 1.54) is 4.90 Å². The van der Waals surface area contributed by atoms with E-state index in [1.54, 1.807) is 0 Å². The average molecular weight is 397 g/mol. The Morgan fingerprint density at radius 2 is 1.90 bits per heavy atom. The maximum Gasteiger partial charge on any atom is 0.262 e. The van der Waals surface area contributed by atoms with E-state index < -0.39 is 0 Å². The minimum Gasteiger partial charge on any atom is -0.490 e. The van der Waals surface area contributed by atoms with Crippen LogP contribution in [-0.2, 0) is 4.79 Å². The lowest BCUT2D eigenvalue weighted by Crippen LogP contribution is -3.11. The number of amides is 1. The largest absolute Gasteiger partial charge is 0.490 e. The lowest BCUT2D eigenvalue weighted by molar-refractivity contribution is -0.884. The van der Waals surface area contributed by atoms with Crippen LogP contribution in [0.5, 0.6) is 11.5 Å². The number of anilines is 1. The van der Waals surface area contributed by atoms with Crippen molar-refractivity contribution in [3.63, 3.8) is 0 Å². The molecule has 1 heterocycles. The van der Waals surface area contributed by atoms with Crippen molar-refractivity contribution in [3.05, 3.63) is 54.1 Å². The van der Waals surface area contributed by atoms with E-state index in [1.807, 2.05) is 61.7 Å². The molecule has 1 fully saturated rings. The number of hydrogen-bond donors (Lipinski definition) is 2. The lowest BCUT2D eigenvalue weighted by Gasteiger charge is -2.27. The molecule has 0 unspecified atom stereocenters. The van der Waals surface area contributed by atoms with Gasteiger partial charge in [-0.05, 0) is 42.8 Å². The van der Waals surface area contributed by atoms with Crippen molar-refractivity contribution in [1.82, 2.24) is 5.01 Å². The first-order chi connectivity index (χ1) is 14.1. The van der Waals surface area contributed by atoms with Gasteiger partial charge in [0, 0.05) is 5.69 Å². The number of likely N-dealkylation sites (N-methyl/N-ethyl adjacent to an activating group) is 1. The fourth-order valence-corrected chi connectivity index (χ4v) is 2.99. The number of ether oxygens (including phenoxy) is 2. The third-order valence-corrected chi connectivity index (χ3v) is 4.65. The Labute approximate surface area is 171 Å². The van der Waals surface area contributed by atoms with E-state index in [0.717, 1.165) is 37.4 Å². The predicted octanol–water partition coefficient (Wildman–Crippen LogP) is 1.27. The summed E-state index contributed by atoms with van der Waals surface area (Å²) in [5.41, 5.74) is 1.67. The predicted molar refractivity (Wildman–Crippen MR) is 114 cm³/mol. The number of nitrogens with zero attached hydrogens (tertiary/aromatic N) is 2. The maximum absolute atomic E-state index is 12.1. The highest BCUT2D eigenvalue weighted by Gasteiger charge is 2.14. The van der Waals surface area contributed by atoms with Gasteiger partial charge in [0.2, 0.25) is 0 Å². The molecule has 0 aliphatic carbocycles. The molecule has 7 nitrogen and oxygen atoms in total. The minimum atomic E-state index is -0.221. The van der Waals surface area contributed by atoms with Gasteiger partial charge in [-0.15, -0.1) is 0 Å². The van der Waals surface area contributed by atoms with Crippen LogP contribution < -0.4 is 19.7 Å². The molecule has 1 amide bonds. The zero-order valence-electron chi connectivity index (χ0n) is 17.1. The number of hydrogen-bond acceptors (Lipinski definition) is 5. The van der Waals surface area contributed by atoms with E-state index in [-0.39, 0.29) is 12.5 Å². The van der Waals surface area contributed by atoms with Gasteiger partial charge < -0.3 is 19.7 Å². The van der Waals surface area contributed by atoms with Crippen molar-refractivity contribution in [2.75, 3.05) is 51.8 Å². The average Bonchev–Trinajstić information content (AvgIpc) is 2.73. The van der Waals surface area contributed by atoms with Crippen molar-refractivity contribution in [1.29, 1.82) is 0 Å². The summed E-state index contributed by atoms with van der Waals surface area (Å²) < 4.78 is 11.4. The molecule has 2 aromatic rings. The molecule has 2 N–H and O–H groups in total. The van der Waals surface area contributed by atoms with Crippen LogP contribution in [0.4, 0.5) is 5.69 Å². The van der Waals surface area contributed by atoms with Gasteiger partial charge >= 0.3 is 0 Å². The van der Waals surface area contributed by atoms with Crippen molar-refractivity contribution < 1.29 is 19.2 Å². The number of nitrogens with one attached hydrogen (secondary N) is 2. The number of quaternary nitrogens is 1. The fraction of sp³-hybridized carbons (Fsp3) is 0.364. The van der Waals surface area contributed by atoms with Gasteiger partial charge in [-0.1, -0.05) is 18.2 Å². The normalized spacial score (nSPS) is 14.8. The molecule has 0 saturated carbocycles. The van der Waals surface area contributed by atoms with Crippen LogP contribution in [0, 0.1) is 0 Å². The molecule has 0 aromatic heterocycles. The van der Waals surface area contributed by atoms with Crippen LogP contribution >= 0.6 is 0 Å². The Bertz CT molecular complexity index is 818. The monoisotopic (exact) mass is 397 g/mol. The van der Waals surface area contributed by atoms with Crippen LogP contribution in [0.3, 0.4) is 0 Å². The summed E-state index contributed by atoms with van der Waals surface area (Å²) in [5.74, 6) is 0.920.